The highest BCUT2D eigenvalue weighted by Crippen LogP contribution is 2.43. The molecule has 4 amide bonds. The van der Waals surface area contributed by atoms with Crippen LogP contribution in [0.25, 0.3) is 10.9 Å². The Morgan fingerprint density at radius 1 is 0.638 bits per heavy atom. The summed E-state index contributed by atoms with van der Waals surface area (Å²) in [6.07, 6.45) is 33.3. The molecule has 1 aromatic heterocycles. The number of para-hydroxylation sites is 1. The molecule has 1 heterocycles. The summed E-state index contributed by atoms with van der Waals surface area (Å²) in [6.45, 7) is 7.22. The van der Waals surface area contributed by atoms with Crippen LogP contribution >= 0.6 is 7.82 Å². The van der Waals surface area contributed by atoms with Crippen molar-refractivity contribution in [2.45, 2.75) is 239 Å². The number of rotatable bonds is 45. The Kier molecular flexibility index (Phi) is 35.3. The summed E-state index contributed by atoms with van der Waals surface area (Å²) in [4.78, 5) is 66.4. The molecule has 0 spiro atoms. The van der Waals surface area contributed by atoms with Crippen molar-refractivity contribution in [2.24, 2.45) is 5.92 Å². The smallest absolute Gasteiger partial charge is 0.393 e. The second-order valence-corrected chi connectivity index (χ2v) is 20.8. The molecule has 5 unspecified atom stereocenters. The van der Waals surface area contributed by atoms with Crippen molar-refractivity contribution in [3.63, 3.8) is 0 Å². The van der Waals surface area contributed by atoms with Crippen molar-refractivity contribution in [2.75, 3.05) is 26.3 Å². The van der Waals surface area contributed by atoms with E-state index in [9.17, 15) is 33.7 Å². The Bertz CT molecular complexity index is 1710. The monoisotopic (exact) mass is 990 g/mol. The number of aromatic nitrogens is 1. The predicted molar refractivity (Wildman–Crippen MR) is 280 cm³/mol. The van der Waals surface area contributed by atoms with Gasteiger partial charge >= 0.3 is 7.82 Å². The predicted octanol–water partition coefficient (Wildman–Crippen LogP) is 11.4. The highest BCUT2D eigenvalue weighted by Gasteiger charge is 2.29. The maximum Gasteiger partial charge on any atom is 0.472 e. The third kappa shape index (κ3) is 30.3. The van der Waals surface area contributed by atoms with E-state index in [-0.39, 0.29) is 43.7 Å². The fourth-order valence-electron chi connectivity index (χ4n) is 8.63. The molecule has 14 nitrogen and oxygen atoms in total. The molecule has 0 fully saturated rings. The Hall–Kier alpha value is -3.29. The van der Waals surface area contributed by atoms with Crippen LogP contribution in [0.15, 0.2) is 30.5 Å². The van der Waals surface area contributed by atoms with Crippen LogP contribution in [0.2, 0.25) is 0 Å². The lowest BCUT2D eigenvalue weighted by Gasteiger charge is -2.24. The van der Waals surface area contributed by atoms with Gasteiger partial charge in [0.2, 0.25) is 23.6 Å². The highest BCUT2D eigenvalue weighted by atomic mass is 31.2. The minimum atomic E-state index is -4.73. The van der Waals surface area contributed by atoms with Crippen molar-refractivity contribution in [1.29, 1.82) is 0 Å². The van der Waals surface area contributed by atoms with E-state index in [1.165, 1.54) is 116 Å². The van der Waals surface area contributed by atoms with Crippen LogP contribution in [0.3, 0.4) is 0 Å². The van der Waals surface area contributed by atoms with E-state index >= 15 is 0 Å². The fourth-order valence-corrected chi connectivity index (χ4v) is 9.37. The van der Waals surface area contributed by atoms with E-state index in [4.69, 9.17) is 9.05 Å². The summed E-state index contributed by atoms with van der Waals surface area (Å²) in [5.41, 5.74) is 1.73. The number of phosphoric acid groups is 1. The molecule has 0 aliphatic carbocycles. The number of hydrogen-bond donors (Lipinski definition) is 7. The van der Waals surface area contributed by atoms with Gasteiger partial charge in [-0.15, -0.1) is 0 Å². The number of hydrogen-bond acceptors (Lipinski definition) is 8. The number of aliphatic hydroxyl groups is 1. The fraction of sp³-hybridized carbons (Fsp3) is 0.778. The third-order valence-corrected chi connectivity index (χ3v) is 14.2. The molecule has 0 saturated heterocycles. The number of unbranched alkanes of at least 4 members (excludes halogenated alkanes) is 23. The lowest BCUT2D eigenvalue weighted by molar-refractivity contribution is -0.130. The SMILES string of the molecule is CCCCCCCCCCCCCCCCCCCC(=O)NC(COP(=O)(O)OCCNC(=O)C(NC(=O)Cc1c[nH]c2ccccc12)C(C)CC)C(=O)NCCC(O)CCCCCCCCCC. The minimum Gasteiger partial charge on any atom is -0.393 e. The van der Waals surface area contributed by atoms with E-state index in [2.05, 4.69) is 40.1 Å². The molecular weight excluding hydrogens is 894 g/mol. The summed E-state index contributed by atoms with van der Waals surface area (Å²) >= 11 is 0. The quantitative estimate of drug-likeness (QED) is 0.0248. The van der Waals surface area contributed by atoms with E-state index in [0.29, 0.717) is 25.7 Å². The van der Waals surface area contributed by atoms with Gasteiger partial charge in [0.25, 0.3) is 0 Å². The molecule has 0 aliphatic heterocycles. The van der Waals surface area contributed by atoms with Gasteiger partial charge in [-0.25, -0.2) is 4.57 Å². The topological polar surface area (TPSA) is 208 Å². The summed E-state index contributed by atoms with van der Waals surface area (Å²) in [5.74, 6) is -1.94. The second-order valence-electron chi connectivity index (χ2n) is 19.4. The molecule has 1 aromatic carbocycles. The zero-order chi connectivity index (χ0) is 50.4. The normalized spacial score (nSPS) is 14.2. The van der Waals surface area contributed by atoms with Crippen molar-refractivity contribution in [3.8, 4) is 0 Å². The van der Waals surface area contributed by atoms with E-state index < -0.39 is 51.0 Å². The first-order chi connectivity index (χ1) is 33.4. The van der Waals surface area contributed by atoms with Gasteiger partial charge in [-0.3, -0.25) is 28.2 Å². The number of carbonyl (C=O) groups excluding carboxylic acids is 4. The molecule has 15 heteroatoms. The van der Waals surface area contributed by atoms with Crippen LogP contribution in [0.4, 0.5) is 0 Å². The van der Waals surface area contributed by atoms with Crippen molar-refractivity contribution >= 4 is 42.4 Å². The highest BCUT2D eigenvalue weighted by molar-refractivity contribution is 7.47. The summed E-state index contributed by atoms with van der Waals surface area (Å²) < 4.78 is 23.3. The molecule has 396 valence electrons. The first kappa shape index (κ1) is 61.8. The van der Waals surface area contributed by atoms with Crippen LogP contribution in [-0.4, -0.2) is 83.1 Å². The van der Waals surface area contributed by atoms with Gasteiger partial charge in [0.05, 0.1) is 25.7 Å². The molecule has 0 aliphatic rings. The summed E-state index contributed by atoms with van der Waals surface area (Å²) in [6, 6.07) is 5.54. The van der Waals surface area contributed by atoms with Gasteiger partial charge in [0, 0.05) is 36.6 Å². The standard InChI is InChI=1S/C54H96N5O9P/c1-5-8-10-12-14-16-17-18-19-20-21-22-23-24-26-28-30-36-50(61)58-49(53(63)55-38-37-46(60)33-29-27-25-15-13-11-9-6-2)43-68-69(65,66)67-40-39-56-54(64)52(44(4)7-3)59-51(62)41-45-42-57-48-35-32-31-34-47(45)48/h31-32,34-35,42,44,46,49,52,57,60H,5-30,33,36-41,43H2,1-4H3,(H,55,63)(H,56,64)(H,58,61)(H,59,62)(H,65,66). The van der Waals surface area contributed by atoms with Crippen LogP contribution < -0.4 is 21.3 Å². The van der Waals surface area contributed by atoms with Crippen molar-refractivity contribution < 1.29 is 42.8 Å². The lowest BCUT2D eigenvalue weighted by Crippen LogP contribution is -2.51. The van der Waals surface area contributed by atoms with E-state index in [1.54, 1.807) is 6.20 Å². The molecule has 0 radical (unpaired) electrons. The van der Waals surface area contributed by atoms with Crippen LogP contribution in [-0.2, 0) is 39.2 Å². The van der Waals surface area contributed by atoms with Crippen molar-refractivity contribution in [1.82, 2.24) is 26.3 Å². The zero-order valence-corrected chi connectivity index (χ0v) is 44.3. The number of carbonyl (C=O) groups is 4. The van der Waals surface area contributed by atoms with Gasteiger partial charge in [-0.05, 0) is 36.8 Å². The molecule has 2 rings (SSSR count). The number of benzene rings is 1. The van der Waals surface area contributed by atoms with Gasteiger partial charge in [0.15, 0.2) is 0 Å². The Labute approximate surface area is 416 Å². The second kappa shape index (κ2) is 39.3. The number of fused-ring (bicyclic) bond motifs is 1. The number of phosphoric ester groups is 1. The average Bonchev–Trinajstić information content (AvgIpc) is 3.74. The largest absolute Gasteiger partial charge is 0.472 e. The first-order valence-corrected chi connectivity index (χ1v) is 28.9. The molecule has 69 heavy (non-hydrogen) atoms. The first-order valence-electron chi connectivity index (χ1n) is 27.4. The number of H-pyrrole nitrogens is 1. The van der Waals surface area contributed by atoms with E-state index in [0.717, 1.165) is 55.0 Å². The molecule has 5 atom stereocenters. The summed E-state index contributed by atoms with van der Waals surface area (Å²) in [7, 11) is -4.73. The van der Waals surface area contributed by atoms with Gasteiger partial charge < -0.3 is 36.3 Å². The lowest BCUT2D eigenvalue weighted by atomic mass is 9.98. The average molecular weight is 990 g/mol. The minimum absolute atomic E-state index is 0.0821. The molecule has 2 aromatic rings. The maximum absolute atomic E-state index is 13.3. The zero-order valence-electron chi connectivity index (χ0n) is 43.4. The summed E-state index contributed by atoms with van der Waals surface area (Å²) in [5, 5.41) is 22.4. The Morgan fingerprint density at radius 2 is 1.16 bits per heavy atom. The van der Waals surface area contributed by atoms with Gasteiger partial charge in [0.1, 0.15) is 12.1 Å². The Morgan fingerprint density at radius 3 is 1.72 bits per heavy atom. The number of aromatic amines is 1. The molecule has 7 N–H and O–H groups in total. The van der Waals surface area contributed by atoms with Gasteiger partial charge in [-0.2, -0.15) is 0 Å². The molecule has 0 bridgehead atoms. The van der Waals surface area contributed by atoms with Gasteiger partial charge in [-0.1, -0.05) is 206 Å². The van der Waals surface area contributed by atoms with E-state index in [1.807, 2.05) is 38.1 Å². The van der Waals surface area contributed by atoms with Crippen molar-refractivity contribution in [3.05, 3.63) is 36.0 Å². The number of amides is 4. The molecule has 0 saturated carbocycles. The molecular formula is C54H96N5O9P. The van der Waals surface area contributed by atoms with Crippen LogP contribution in [0.5, 0.6) is 0 Å². The maximum atomic E-state index is 13.3. The number of nitrogens with one attached hydrogen (secondary N) is 5. The van der Waals surface area contributed by atoms with Crippen LogP contribution in [0.1, 0.15) is 219 Å². The third-order valence-electron chi connectivity index (χ3n) is 13.2. The van der Waals surface area contributed by atoms with Crippen LogP contribution in [0, 0.1) is 5.92 Å². The number of aliphatic hydroxyl groups excluding tert-OH is 1. The Balaban J connectivity index is 1.79.